The van der Waals surface area contributed by atoms with Crippen molar-refractivity contribution >= 4 is 11.3 Å². The standard InChI is InChI=1S/C17H23NOS/c1-11-7-14-15(8-17(3,4)9-16(14)19-11)18-12(2)13-5-6-20-10-13/h5-7,10,12,15,18H,8-9H2,1-4H3. The minimum absolute atomic E-state index is 0.295. The van der Waals surface area contributed by atoms with Crippen LogP contribution in [-0.4, -0.2) is 0 Å². The molecule has 2 nitrogen and oxygen atoms in total. The fourth-order valence-corrected chi connectivity index (χ4v) is 4.01. The van der Waals surface area contributed by atoms with E-state index in [2.05, 4.69) is 49.0 Å². The molecule has 0 radical (unpaired) electrons. The van der Waals surface area contributed by atoms with Gasteiger partial charge in [0, 0.05) is 24.1 Å². The van der Waals surface area contributed by atoms with Crippen LogP contribution in [0.1, 0.15) is 61.9 Å². The van der Waals surface area contributed by atoms with Crippen LogP contribution in [0.3, 0.4) is 0 Å². The smallest absolute Gasteiger partial charge is 0.109 e. The molecule has 20 heavy (non-hydrogen) atoms. The maximum absolute atomic E-state index is 5.91. The molecule has 0 aliphatic heterocycles. The van der Waals surface area contributed by atoms with Crippen molar-refractivity contribution in [2.45, 2.75) is 52.6 Å². The van der Waals surface area contributed by atoms with Gasteiger partial charge in [-0.25, -0.2) is 0 Å². The Morgan fingerprint density at radius 1 is 1.45 bits per heavy atom. The van der Waals surface area contributed by atoms with E-state index in [1.165, 1.54) is 16.9 Å². The summed E-state index contributed by atoms with van der Waals surface area (Å²) in [4.78, 5) is 0. The molecule has 1 aliphatic rings. The highest BCUT2D eigenvalue weighted by Crippen LogP contribution is 2.42. The van der Waals surface area contributed by atoms with Gasteiger partial charge in [-0.15, -0.1) is 0 Å². The average molecular weight is 289 g/mol. The summed E-state index contributed by atoms with van der Waals surface area (Å²) >= 11 is 1.76. The van der Waals surface area contributed by atoms with E-state index in [1.807, 2.05) is 6.92 Å². The lowest BCUT2D eigenvalue weighted by Crippen LogP contribution is -2.33. The summed E-state index contributed by atoms with van der Waals surface area (Å²) in [5.74, 6) is 2.21. The molecule has 2 aromatic heterocycles. The molecule has 1 aliphatic carbocycles. The number of hydrogen-bond donors (Lipinski definition) is 1. The molecule has 0 saturated carbocycles. The summed E-state index contributed by atoms with van der Waals surface area (Å²) < 4.78 is 5.91. The lowest BCUT2D eigenvalue weighted by atomic mass is 9.74. The first kappa shape index (κ1) is 13.9. The van der Waals surface area contributed by atoms with Gasteiger partial charge in [0.25, 0.3) is 0 Å². The Balaban J connectivity index is 1.85. The summed E-state index contributed by atoms with van der Waals surface area (Å²) in [5.41, 5.74) is 3.03. The Morgan fingerprint density at radius 2 is 2.25 bits per heavy atom. The second kappa shape index (κ2) is 5.05. The van der Waals surface area contributed by atoms with Crippen molar-refractivity contribution in [2.24, 2.45) is 5.41 Å². The molecule has 2 atom stereocenters. The Bertz CT molecular complexity index is 582. The van der Waals surface area contributed by atoms with Crippen LogP contribution >= 0.6 is 11.3 Å². The zero-order chi connectivity index (χ0) is 14.3. The zero-order valence-electron chi connectivity index (χ0n) is 12.7. The van der Waals surface area contributed by atoms with Gasteiger partial charge in [-0.3, -0.25) is 0 Å². The molecule has 0 aromatic carbocycles. The van der Waals surface area contributed by atoms with Crippen molar-refractivity contribution in [3.63, 3.8) is 0 Å². The number of rotatable bonds is 3. The maximum Gasteiger partial charge on any atom is 0.109 e. The van der Waals surface area contributed by atoms with Gasteiger partial charge in [-0.1, -0.05) is 13.8 Å². The normalized spacial score (nSPS) is 22.5. The number of furan rings is 1. The molecule has 3 rings (SSSR count). The first-order valence-electron chi connectivity index (χ1n) is 7.32. The summed E-state index contributed by atoms with van der Waals surface area (Å²) in [5, 5.41) is 8.17. The molecule has 108 valence electrons. The third-order valence-corrected chi connectivity index (χ3v) is 4.93. The van der Waals surface area contributed by atoms with Gasteiger partial charge in [0.15, 0.2) is 0 Å². The largest absolute Gasteiger partial charge is 0.466 e. The van der Waals surface area contributed by atoms with E-state index < -0.39 is 0 Å². The summed E-state index contributed by atoms with van der Waals surface area (Å²) in [7, 11) is 0. The number of aryl methyl sites for hydroxylation is 1. The monoisotopic (exact) mass is 289 g/mol. The molecule has 0 saturated heterocycles. The van der Waals surface area contributed by atoms with Gasteiger partial charge < -0.3 is 9.73 Å². The van der Waals surface area contributed by atoms with Crippen molar-refractivity contribution in [2.75, 3.05) is 0 Å². The van der Waals surface area contributed by atoms with E-state index in [-0.39, 0.29) is 0 Å². The van der Waals surface area contributed by atoms with Gasteiger partial charge in [0.1, 0.15) is 11.5 Å². The Hall–Kier alpha value is -1.06. The Morgan fingerprint density at radius 3 is 2.95 bits per heavy atom. The predicted molar refractivity (Wildman–Crippen MR) is 84.2 cm³/mol. The molecular weight excluding hydrogens is 266 g/mol. The van der Waals surface area contributed by atoms with Gasteiger partial charge in [0.2, 0.25) is 0 Å². The highest BCUT2D eigenvalue weighted by atomic mass is 32.1. The van der Waals surface area contributed by atoms with Crippen LogP contribution in [0.5, 0.6) is 0 Å². The highest BCUT2D eigenvalue weighted by Gasteiger charge is 2.35. The van der Waals surface area contributed by atoms with Crippen LogP contribution in [0.15, 0.2) is 27.3 Å². The number of hydrogen-bond acceptors (Lipinski definition) is 3. The fourth-order valence-electron chi connectivity index (χ4n) is 3.25. The summed E-state index contributed by atoms with van der Waals surface area (Å²) in [6.45, 7) is 8.95. The number of fused-ring (bicyclic) bond motifs is 1. The second-order valence-corrected chi connectivity index (χ2v) is 7.56. The molecular formula is C17H23NOS. The Kier molecular flexibility index (Phi) is 3.51. The van der Waals surface area contributed by atoms with Crippen molar-refractivity contribution in [3.8, 4) is 0 Å². The van der Waals surface area contributed by atoms with Crippen LogP contribution in [0.2, 0.25) is 0 Å². The SMILES string of the molecule is Cc1cc2c(o1)CC(C)(C)CC2NC(C)c1ccsc1. The lowest BCUT2D eigenvalue weighted by Gasteiger charge is -2.36. The van der Waals surface area contributed by atoms with Crippen LogP contribution in [0.25, 0.3) is 0 Å². The number of thiophene rings is 1. The van der Waals surface area contributed by atoms with Crippen molar-refractivity contribution in [3.05, 3.63) is 45.5 Å². The topological polar surface area (TPSA) is 25.2 Å². The van der Waals surface area contributed by atoms with Crippen molar-refractivity contribution in [1.29, 1.82) is 0 Å². The first-order valence-corrected chi connectivity index (χ1v) is 8.26. The van der Waals surface area contributed by atoms with E-state index in [0.717, 1.165) is 18.6 Å². The highest BCUT2D eigenvalue weighted by molar-refractivity contribution is 7.07. The lowest BCUT2D eigenvalue weighted by molar-refractivity contribution is 0.226. The average Bonchev–Trinajstić information content (AvgIpc) is 2.95. The second-order valence-electron chi connectivity index (χ2n) is 6.78. The molecule has 0 spiro atoms. The van der Waals surface area contributed by atoms with Gasteiger partial charge in [-0.05, 0) is 54.1 Å². The molecule has 2 heterocycles. The van der Waals surface area contributed by atoms with Gasteiger partial charge >= 0.3 is 0 Å². The zero-order valence-corrected chi connectivity index (χ0v) is 13.5. The molecule has 1 N–H and O–H groups in total. The summed E-state index contributed by atoms with van der Waals surface area (Å²) in [6, 6.07) is 5.18. The quantitative estimate of drug-likeness (QED) is 0.859. The molecule has 0 amide bonds. The van der Waals surface area contributed by atoms with Crippen molar-refractivity contribution < 1.29 is 4.42 Å². The minimum atomic E-state index is 0.295. The first-order chi connectivity index (χ1) is 9.44. The van der Waals surface area contributed by atoms with Gasteiger partial charge in [0.05, 0.1) is 0 Å². The van der Waals surface area contributed by atoms with E-state index in [9.17, 15) is 0 Å². The van der Waals surface area contributed by atoms with Crippen molar-refractivity contribution in [1.82, 2.24) is 5.32 Å². The van der Waals surface area contributed by atoms with Gasteiger partial charge in [-0.2, -0.15) is 11.3 Å². The third-order valence-electron chi connectivity index (χ3n) is 4.23. The molecule has 0 bridgehead atoms. The maximum atomic E-state index is 5.91. The van der Waals surface area contributed by atoms with E-state index >= 15 is 0 Å². The summed E-state index contributed by atoms with van der Waals surface area (Å²) in [6.07, 6.45) is 2.20. The van der Waals surface area contributed by atoms with E-state index in [4.69, 9.17) is 4.42 Å². The number of nitrogens with one attached hydrogen (secondary N) is 1. The predicted octanol–water partition coefficient (Wildman–Crippen LogP) is 5.01. The fraction of sp³-hybridized carbons (Fsp3) is 0.529. The molecule has 2 unspecified atom stereocenters. The van der Waals surface area contributed by atoms with Crippen LogP contribution in [0, 0.1) is 12.3 Å². The molecule has 2 aromatic rings. The van der Waals surface area contributed by atoms with E-state index in [1.54, 1.807) is 11.3 Å². The molecule has 0 fully saturated rings. The van der Waals surface area contributed by atoms with Crippen LogP contribution < -0.4 is 5.32 Å². The van der Waals surface area contributed by atoms with Crippen LogP contribution in [-0.2, 0) is 6.42 Å². The van der Waals surface area contributed by atoms with Crippen LogP contribution in [0.4, 0.5) is 0 Å². The third kappa shape index (κ3) is 2.70. The minimum Gasteiger partial charge on any atom is -0.466 e. The Labute approximate surface area is 125 Å². The molecule has 3 heteroatoms. The van der Waals surface area contributed by atoms with E-state index in [0.29, 0.717) is 17.5 Å².